The predicted molar refractivity (Wildman–Crippen MR) is 73.0 cm³/mol. The molecule has 0 aliphatic carbocycles. The molecule has 2 rings (SSSR count). The molecule has 4 heteroatoms. The largest absolute Gasteiger partial charge is 0.365 e. The standard InChI is InChI=1S/C13H18BrFN2/c1-2-4-10-9-17(8-7-16-10)13-11(14)5-3-6-12(13)15/h3,5-6,10,16H,2,4,7-9H2,1H3. The van der Waals surface area contributed by atoms with Gasteiger partial charge in [0.05, 0.1) is 5.69 Å². The lowest BCUT2D eigenvalue weighted by Crippen LogP contribution is -2.51. The molecule has 1 aliphatic heterocycles. The maximum atomic E-state index is 13.9. The Balaban J connectivity index is 2.16. The lowest BCUT2D eigenvalue weighted by Gasteiger charge is -2.36. The summed E-state index contributed by atoms with van der Waals surface area (Å²) in [7, 11) is 0. The van der Waals surface area contributed by atoms with E-state index in [1.807, 2.05) is 6.07 Å². The summed E-state index contributed by atoms with van der Waals surface area (Å²) in [5.41, 5.74) is 0.704. The van der Waals surface area contributed by atoms with Crippen molar-refractivity contribution in [1.29, 1.82) is 0 Å². The molecule has 1 unspecified atom stereocenters. The maximum absolute atomic E-state index is 13.9. The lowest BCUT2D eigenvalue weighted by molar-refractivity contribution is 0.427. The van der Waals surface area contributed by atoms with Crippen LogP contribution in [0.4, 0.5) is 10.1 Å². The molecule has 0 bridgehead atoms. The predicted octanol–water partition coefficient (Wildman–Crippen LogP) is 3.17. The summed E-state index contributed by atoms with van der Waals surface area (Å²) in [5, 5.41) is 3.48. The van der Waals surface area contributed by atoms with Crippen molar-refractivity contribution >= 4 is 21.6 Å². The van der Waals surface area contributed by atoms with Gasteiger partial charge >= 0.3 is 0 Å². The average Bonchev–Trinajstić information content (AvgIpc) is 2.30. The number of anilines is 1. The van der Waals surface area contributed by atoms with Gasteiger partial charge in [0.25, 0.3) is 0 Å². The molecule has 1 N–H and O–H groups in total. The zero-order chi connectivity index (χ0) is 12.3. The van der Waals surface area contributed by atoms with Gasteiger partial charge in [-0.05, 0) is 34.5 Å². The fourth-order valence-corrected chi connectivity index (χ4v) is 2.95. The van der Waals surface area contributed by atoms with E-state index < -0.39 is 0 Å². The summed E-state index contributed by atoms with van der Waals surface area (Å²) in [4.78, 5) is 2.14. The van der Waals surface area contributed by atoms with Crippen LogP contribution in [0.3, 0.4) is 0 Å². The number of para-hydroxylation sites is 1. The number of rotatable bonds is 3. The first-order valence-corrected chi connectivity index (χ1v) is 6.94. The minimum absolute atomic E-state index is 0.142. The van der Waals surface area contributed by atoms with E-state index in [9.17, 15) is 4.39 Å². The molecule has 1 atom stereocenters. The molecule has 1 aromatic carbocycles. The maximum Gasteiger partial charge on any atom is 0.147 e. The Hall–Kier alpha value is -0.610. The van der Waals surface area contributed by atoms with Crippen molar-refractivity contribution in [1.82, 2.24) is 5.32 Å². The van der Waals surface area contributed by atoms with Crippen molar-refractivity contribution in [3.63, 3.8) is 0 Å². The Morgan fingerprint density at radius 1 is 1.53 bits per heavy atom. The molecule has 1 saturated heterocycles. The second kappa shape index (κ2) is 5.83. The highest BCUT2D eigenvalue weighted by molar-refractivity contribution is 9.10. The van der Waals surface area contributed by atoms with Crippen LogP contribution in [0.1, 0.15) is 19.8 Å². The fourth-order valence-electron chi connectivity index (χ4n) is 2.36. The van der Waals surface area contributed by atoms with Gasteiger partial charge in [-0.15, -0.1) is 0 Å². The minimum atomic E-state index is -0.142. The van der Waals surface area contributed by atoms with E-state index in [0.29, 0.717) is 11.7 Å². The smallest absolute Gasteiger partial charge is 0.147 e. The van der Waals surface area contributed by atoms with Crippen LogP contribution in [0.2, 0.25) is 0 Å². The van der Waals surface area contributed by atoms with E-state index in [2.05, 4.69) is 33.1 Å². The lowest BCUT2D eigenvalue weighted by atomic mass is 10.1. The minimum Gasteiger partial charge on any atom is -0.365 e. The van der Waals surface area contributed by atoms with Crippen LogP contribution in [0.5, 0.6) is 0 Å². The number of nitrogens with one attached hydrogen (secondary N) is 1. The first-order chi connectivity index (χ1) is 8.22. The SMILES string of the molecule is CCCC1CN(c2c(F)cccc2Br)CCN1. The van der Waals surface area contributed by atoms with Crippen LogP contribution in [-0.2, 0) is 0 Å². The molecule has 2 nitrogen and oxygen atoms in total. The highest BCUT2D eigenvalue weighted by atomic mass is 79.9. The summed E-state index contributed by atoms with van der Waals surface area (Å²) in [5.74, 6) is -0.142. The molecule has 1 fully saturated rings. The van der Waals surface area contributed by atoms with Gasteiger partial charge in [0.2, 0.25) is 0 Å². The summed E-state index contributed by atoms with van der Waals surface area (Å²) in [6.45, 7) is 4.85. The molecular weight excluding hydrogens is 283 g/mol. The molecule has 0 spiro atoms. The number of hydrogen-bond acceptors (Lipinski definition) is 2. The molecular formula is C13H18BrFN2. The van der Waals surface area contributed by atoms with Gasteiger partial charge < -0.3 is 10.2 Å². The Morgan fingerprint density at radius 3 is 3.06 bits per heavy atom. The van der Waals surface area contributed by atoms with Crippen molar-refractivity contribution in [2.24, 2.45) is 0 Å². The highest BCUT2D eigenvalue weighted by Gasteiger charge is 2.22. The van der Waals surface area contributed by atoms with Crippen molar-refractivity contribution in [3.05, 3.63) is 28.5 Å². The quantitative estimate of drug-likeness (QED) is 0.922. The highest BCUT2D eigenvalue weighted by Crippen LogP contribution is 2.30. The molecule has 0 saturated carbocycles. The zero-order valence-electron chi connectivity index (χ0n) is 10.0. The van der Waals surface area contributed by atoms with Crippen molar-refractivity contribution in [3.8, 4) is 0 Å². The average molecular weight is 301 g/mol. The van der Waals surface area contributed by atoms with E-state index in [4.69, 9.17) is 0 Å². The van der Waals surface area contributed by atoms with E-state index in [-0.39, 0.29) is 5.82 Å². The van der Waals surface area contributed by atoms with Crippen molar-refractivity contribution in [2.45, 2.75) is 25.8 Å². The summed E-state index contributed by atoms with van der Waals surface area (Å²) < 4.78 is 14.7. The van der Waals surface area contributed by atoms with E-state index in [0.717, 1.165) is 36.9 Å². The number of benzene rings is 1. The van der Waals surface area contributed by atoms with Gasteiger partial charge in [-0.3, -0.25) is 0 Å². The second-order valence-electron chi connectivity index (χ2n) is 4.46. The summed E-state index contributed by atoms with van der Waals surface area (Å²) in [6, 6.07) is 5.63. The molecule has 1 aliphatic rings. The van der Waals surface area contributed by atoms with Gasteiger partial charge in [-0.25, -0.2) is 4.39 Å². The van der Waals surface area contributed by atoms with Gasteiger partial charge in [-0.2, -0.15) is 0 Å². The fraction of sp³-hybridized carbons (Fsp3) is 0.538. The Morgan fingerprint density at radius 2 is 2.35 bits per heavy atom. The molecule has 0 amide bonds. The summed E-state index contributed by atoms with van der Waals surface area (Å²) in [6.07, 6.45) is 2.30. The van der Waals surface area contributed by atoms with Crippen LogP contribution in [0.25, 0.3) is 0 Å². The van der Waals surface area contributed by atoms with Gasteiger partial charge in [0, 0.05) is 30.1 Å². The third kappa shape index (κ3) is 2.99. The van der Waals surface area contributed by atoms with Crippen molar-refractivity contribution < 1.29 is 4.39 Å². The summed E-state index contributed by atoms with van der Waals surface area (Å²) >= 11 is 3.44. The zero-order valence-corrected chi connectivity index (χ0v) is 11.6. The molecule has 94 valence electrons. The van der Waals surface area contributed by atoms with Crippen LogP contribution in [0.15, 0.2) is 22.7 Å². The Labute approximate surface area is 110 Å². The molecule has 0 radical (unpaired) electrons. The van der Waals surface area contributed by atoms with E-state index in [1.165, 1.54) is 6.07 Å². The molecule has 0 aromatic heterocycles. The van der Waals surface area contributed by atoms with Crippen LogP contribution in [0, 0.1) is 5.82 Å². The van der Waals surface area contributed by atoms with E-state index >= 15 is 0 Å². The number of hydrogen-bond donors (Lipinski definition) is 1. The third-order valence-corrected chi connectivity index (χ3v) is 3.79. The number of piperazine rings is 1. The Kier molecular flexibility index (Phi) is 4.40. The normalized spacial score (nSPS) is 20.6. The number of halogens is 2. The van der Waals surface area contributed by atoms with Gasteiger partial charge in [-0.1, -0.05) is 19.4 Å². The van der Waals surface area contributed by atoms with Gasteiger partial charge in [0.15, 0.2) is 0 Å². The first-order valence-electron chi connectivity index (χ1n) is 6.14. The topological polar surface area (TPSA) is 15.3 Å². The second-order valence-corrected chi connectivity index (χ2v) is 5.31. The number of nitrogens with zero attached hydrogens (tertiary/aromatic N) is 1. The first kappa shape index (κ1) is 12.8. The van der Waals surface area contributed by atoms with E-state index in [1.54, 1.807) is 6.07 Å². The van der Waals surface area contributed by atoms with Crippen LogP contribution >= 0.6 is 15.9 Å². The molecule has 17 heavy (non-hydrogen) atoms. The van der Waals surface area contributed by atoms with Crippen molar-refractivity contribution in [2.75, 3.05) is 24.5 Å². The third-order valence-electron chi connectivity index (χ3n) is 3.15. The van der Waals surface area contributed by atoms with Crippen LogP contribution in [-0.4, -0.2) is 25.7 Å². The Bertz CT molecular complexity index is 361. The monoisotopic (exact) mass is 300 g/mol. The van der Waals surface area contributed by atoms with Crippen LogP contribution < -0.4 is 10.2 Å². The molecule has 1 aromatic rings. The molecule has 1 heterocycles. The van der Waals surface area contributed by atoms with Gasteiger partial charge in [0.1, 0.15) is 5.82 Å².